The molecule has 0 saturated carbocycles. The number of piperidine rings is 1. The predicted octanol–water partition coefficient (Wildman–Crippen LogP) is 2.45. The van der Waals surface area contributed by atoms with E-state index in [0.717, 1.165) is 12.5 Å². The van der Waals surface area contributed by atoms with Gasteiger partial charge in [-0.3, -0.25) is 9.59 Å². The van der Waals surface area contributed by atoms with E-state index in [9.17, 15) is 47.4 Å². The van der Waals surface area contributed by atoms with Crippen LogP contribution in [0.25, 0.3) is 0 Å². The molecule has 1 saturated heterocycles. The highest BCUT2D eigenvalue weighted by Gasteiger charge is 2.72. The summed E-state index contributed by atoms with van der Waals surface area (Å²) in [7, 11) is 1.90. The van der Waals surface area contributed by atoms with Crippen molar-refractivity contribution in [2.75, 3.05) is 13.6 Å². The summed E-state index contributed by atoms with van der Waals surface area (Å²) < 4.78 is 63.7. The van der Waals surface area contributed by atoms with Crippen LogP contribution >= 0.6 is 0 Å². The van der Waals surface area contributed by atoms with E-state index in [4.69, 9.17) is 18.9 Å². The smallest absolute Gasteiger partial charge is 0.491 e. The molecule has 0 radical (unpaired) electrons. The van der Waals surface area contributed by atoms with Crippen molar-refractivity contribution in [3.05, 3.63) is 71.0 Å². The number of phenolic OH excluding ortho intramolecular Hbond substituents is 1. The number of hydrogen-bond acceptors (Lipinski definition) is 13. The second-order valence-corrected chi connectivity index (χ2v) is 12.3. The fraction of sp³-hybridized carbons (Fsp3) is 0.424. The maximum atomic E-state index is 13.9. The second kappa shape index (κ2) is 12.2. The maximum absolute atomic E-state index is 13.9. The molecular weight excluding hydrogens is 659 g/mol. The Morgan fingerprint density at radius 3 is 2.45 bits per heavy atom. The average molecular weight is 690 g/mol. The van der Waals surface area contributed by atoms with Crippen molar-refractivity contribution in [1.29, 1.82) is 0 Å². The Kier molecular flexibility index (Phi) is 8.43. The Hall–Kier alpha value is -4.96. The minimum atomic E-state index is -5.52. The van der Waals surface area contributed by atoms with Crippen molar-refractivity contribution in [1.82, 2.24) is 4.90 Å². The number of esters is 5. The lowest BCUT2D eigenvalue weighted by Gasteiger charge is -2.61. The number of phenols is 1. The van der Waals surface area contributed by atoms with Gasteiger partial charge in [0.25, 0.3) is 0 Å². The molecule has 49 heavy (non-hydrogen) atoms. The van der Waals surface area contributed by atoms with Crippen LogP contribution in [0.2, 0.25) is 0 Å². The zero-order chi connectivity index (χ0) is 35.5. The van der Waals surface area contributed by atoms with E-state index in [1.54, 1.807) is 12.1 Å². The molecule has 2 N–H and O–H groups in total. The first-order chi connectivity index (χ1) is 23.1. The minimum absolute atomic E-state index is 0.0239. The number of likely N-dealkylation sites (tertiary alicyclic amines) is 1. The Balaban J connectivity index is 1.28. The van der Waals surface area contributed by atoms with Gasteiger partial charge < -0.3 is 38.8 Å². The summed E-state index contributed by atoms with van der Waals surface area (Å²) in [6.07, 6.45) is -9.60. The lowest BCUT2D eigenvalue weighted by molar-refractivity contribution is -0.203. The number of nitrogens with zero attached hydrogens (tertiary/aromatic N) is 1. The van der Waals surface area contributed by atoms with Gasteiger partial charge in [-0.15, -0.1) is 0 Å². The summed E-state index contributed by atoms with van der Waals surface area (Å²) in [5.74, 6) is -8.57. The number of likely N-dealkylation sites (N-methyl/N-ethyl adjacent to an activating group) is 1. The van der Waals surface area contributed by atoms with E-state index in [1.165, 1.54) is 36.4 Å². The number of alkyl halides is 3. The summed E-state index contributed by atoms with van der Waals surface area (Å²) in [4.78, 5) is 64.0. The van der Waals surface area contributed by atoms with Gasteiger partial charge in [0.1, 0.15) is 5.76 Å². The van der Waals surface area contributed by atoms with Crippen molar-refractivity contribution in [2.45, 2.75) is 74.2 Å². The second-order valence-electron chi connectivity index (χ2n) is 12.3. The van der Waals surface area contributed by atoms with Gasteiger partial charge in [0, 0.05) is 30.5 Å². The van der Waals surface area contributed by atoms with Crippen LogP contribution in [0.5, 0.6) is 11.5 Å². The number of benzene rings is 2. The highest BCUT2D eigenvalue weighted by molar-refractivity contribution is 5.92. The Morgan fingerprint density at radius 1 is 1.06 bits per heavy atom. The number of hydrogen-bond donors (Lipinski definition) is 2. The first-order valence-corrected chi connectivity index (χ1v) is 15.2. The zero-order valence-corrected chi connectivity index (χ0v) is 26.0. The predicted molar refractivity (Wildman–Crippen MR) is 155 cm³/mol. The Labute approximate surface area is 276 Å². The summed E-state index contributed by atoms with van der Waals surface area (Å²) in [6, 6.07) is 10.4. The molecule has 13 nitrogen and oxygen atoms in total. The number of rotatable bonds is 8. The minimum Gasteiger partial charge on any atom is -0.504 e. The van der Waals surface area contributed by atoms with Crippen LogP contribution in [-0.2, 0) is 54.8 Å². The topological polar surface area (TPSA) is 175 Å². The molecule has 0 aromatic heterocycles. The van der Waals surface area contributed by atoms with Gasteiger partial charge in [-0.1, -0.05) is 36.4 Å². The maximum Gasteiger partial charge on any atom is 0.491 e. The van der Waals surface area contributed by atoms with E-state index >= 15 is 0 Å². The van der Waals surface area contributed by atoms with E-state index in [-0.39, 0.29) is 35.3 Å². The Morgan fingerprint density at radius 2 is 1.78 bits per heavy atom. The molecule has 2 aromatic rings. The van der Waals surface area contributed by atoms with Crippen LogP contribution in [0.3, 0.4) is 0 Å². The van der Waals surface area contributed by atoms with Gasteiger partial charge in [0.05, 0.1) is 17.4 Å². The SMILES string of the molecule is CC(=O)O[C@@H](CC(=O)OC(=O)C(F)(F)F)C(=O)O[C@H](C(=O)OC1=CC[C@@]2(O)[C@H]3Cc4ccc(O)c5c4[C@@]2(CCN3C)[C@H]1O5)c1ccccc1. The number of carbonyl (C=O) groups excluding carboxylic acids is 5. The van der Waals surface area contributed by atoms with Crippen LogP contribution in [0, 0.1) is 0 Å². The third-order valence-electron chi connectivity index (χ3n) is 9.48. The van der Waals surface area contributed by atoms with Crippen LogP contribution in [0.1, 0.15) is 49.0 Å². The normalized spacial score (nSPS) is 26.2. The molecule has 6 rings (SSSR count). The molecule has 2 aromatic carbocycles. The molecule has 1 fully saturated rings. The number of aliphatic hydroxyl groups is 1. The van der Waals surface area contributed by atoms with Crippen LogP contribution in [-0.4, -0.2) is 88.6 Å². The molecule has 2 aliphatic carbocycles. The quantitative estimate of drug-likeness (QED) is 0.235. The first-order valence-electron chi connectivity index (χ1n) is 15.2. The van der Waals surface area contributed by atoms with E-state index in [1.807, 2.05) is 7.05 Å². The number of ether oxygens (including phenoxy) is 5. The van der Waals surface area contributed by atoms with Crippen molar-refractivity contribution in [2.24, 2.45) is 0 Å². The molecule has 2 bridgehead atoms. The summed E-state index contributed by atoms with van der Waals surface area (Å²) in [6.45, 7) is 1.40. The van der Waals surface area contributed by atoms with E-state index < -0.39 is 71.8 Å². The highest BCUT2D eigenvalue weighted by Crippen LogP contribution is 2.65. The largest absolute Gasteiger partial charge is 0.504 e. The highest BCUT2D eigenvalue weighted by atomic mass is 19.4. The lowest BCUT2D eigenvalue weighted by Crippen LogP contribution is -2.74. The fourth-order valence-electron chi connectivity index (χ4n) is 7.41. The van der Waals surface area contributed by atoms with Gasteiger partial charge in [-0.05, 0) is 44.1 Å². The molecule has 6 atom stereocenters. The Bertz CT molecular complexity index is 1760. The number of halogens is 3. The molecule has 1 spiro atoms. The van der Waals surface area contributed by atoms with Gasteiger partial charge in [-0.25, -0.2) is 14.4 Å². The molecule has 16 heteroatoms. The lowest BCUT2D eigenvalue weighted by atomic mass is 9.50. The number of aromatic hydroxyl groups is 1. The van der Waals surface area contributed by atoms with E-state index in [2.05, 4.69) is 9.64 Å². The average Bonchev–Trinajstić information content (AvgIpc) is 3.40. The van der Waals surface area contributed by atoms with Crippen LogP contribution in [0.4, 0.5) is 13.2 Å². The van der Waals surface area contributed by atoms with Crippen molar-refractivity contribution in [3.63, 3.8) is 0 Å². The third-order valence-corrected chi connectivity index (χ3v) is 9.48. The zero-order valence-electron chi connectivity index (χ0n) is 26.0. The first kappa shape index (κ1) is 33.9. The van der Waals surface area contributed by atoms with Crippen LogP contribution in [0.15, 0.2) is 54.3 Å². The molecule has 0 amide bonds. The van der Waals surface area contributed by atoms with Gasteiger partial charge >= 0.3 is 36.0 Å². The van der Waals surface area contributed by atoms with Gasteiger partial charge in [0.15, 0.2) is 17.6 Å². The van der Waals surface area contributed by atoms with Crippen molar-refractivity contribution < 1.29 is 71.0 Å². The monoisotopic (exact) mass is 689 g/mol. The summed E-state index contributed by atoms with van der Waals surface area (Å²) >= 11 is 0. The standard InChI is InChI=1S/C33H30F3NO12/c1-16(38)45-21(15-23(40)47-30(43)33(34,35)36)28(41)49-25(17-6-4-3-5-7-17)29(42)46-20-10-11-32(44)22-14-18-8-9-19(39)26-24(18)31(32,27(20)48-26)12-13-37(22)2/h3-10,21-22,25,27,39,44H,11-15H2,1-2H3/t21-,22+,25-,27-,31-,32+/m0/s1. The van der Waals surface area contributed by atoms with Crippen LogP contribution < -0.4 is 4.74 Å². The van der Waals surface area contributed by atoms with Crippen molar-refractivity contribution in [3.8, 4) is 11.5 Å². The molecule has 2 heterocycles. The third kappa shape index (κ3) is 5.67. The van der Waals surface area contributed by atoms with E-state index in [0.29, 0.717) is 24.9 Å². The van der Waals surface area contributed by atoms with Gasteiger partial charge in [0.2, 0.25) is 12.2 Å². The fourth-order valence-corrected chi connectivity index (χ4v) is 7.41. The van der Waals surface area contributed by atoms with Gasteiger partial charge in [-0.2, -0.15) is 13.2 Å². The number of carbonyl (C=O) groups is 5. The molecule has 4 aliphatic rings. The summed E-state index contributed by atoms with van der Waals surface area (Å²) in [5, 5.41) is 23.1. The molecule has 0 unspecified atom stereocenters. The molecular formula is C33H30F3NO12. The molecule has 2 aliphatic heterocycles. The van der Waals surface area contributed by atoms with Crippen molar-refractivity contribution >= 4 is 29.8 Å². The summed E-state index contributed by atoms with van der Waals surface area (Å²) in [5.41, 5.74) is -0.902. The molecule has 260 valence electrons.